The van der Waals surface area contributed by atoms with Crippen LogP contribution in [0.15, 0.2) is 54.9 Å². The van der Waals surface area contributed by atoms with Gasteiger partial charge < -0.3 is 14.7 Å². The Hall–Kier alpha value is -5.57. The molecule has 4 aromatic rings. The molecule has 12 heteroatoms. The number of carbonyl (C=O) groups excluding carboxylic acids is 3. The van der Waals surface area contributed by atoms with Gasteiger partial charge in [0.15, 0.2) is 11.6 Å². The number of halogens is 2. The van der Waals surface area contributed by atoms with Gasteiger partial charge in [-0.2, -0.15) is 5.10 Å². The van der Waals surface area contributed by atoms with E-state index in [2.05, 4.69) is 27.2 Å². The van der Waals surface area contributed by atoms with Crippen molar-refractivity contribution >= 4 is 17.7 Å². The van der Waals surface area contributed by atoms with E-state index >= 15 is 4.39 Å². The Kier molecular flexibility index (Phi) is 6.65. The van der Waals surface area contributed by atoms with Crippen LogP contribution in [0, 0.1) is 28.9 Å². The summed E-state index contributed by atoms with van der Waals surface area (Å²) >= 11 is 0. The van der Waals surface area contributed by atoms with Crippen LogP contribution in [0.4, 0.5) is 8.78 Å². The largest absolute Gasteiger partial charge is 0.506 e. The quantitative estimate of drug-likeness (QED) is 0.273. The van der Waals surface area contributed by atoms with Gasteiger partial charge in [-0.3, -0.25) is 24.4 Å². The van der Waals surface area contributed by atoms with E-state index in [1.54, 1.807) is 36.3 Å². The average molecular weight is 584 g/mol. The van der Waals surface area contributed by atoms with Crippen molar-refractivity contribution in [3.05, 3.63) is 83.2 Å². The highest BCUT2D eigenvalue weighted by Gasteiger charge is 2.49. The molecule has 1 saturated heterocycles. The summed E-state index contributed by atoms with van der Waals surface area (Å²) in [6.45, 7) is -0.274. The lowest BCUT2D eigenvalue weighted by atomic mass is 9.85. The minimum Gasteiger partial charge on any atom is -0.506 e. The third kappa shape index (κ3) is 4.84. The molecule has 0 bridgehead atoms. The van der Waals surface area contributed by atoms with Crippen molar-refractivity contribution in [3.8, 4) is 45.9 Å². The highest BCUT2D eigenvalue weighted by molar-refractivity contribution is 6.08. The first-order chi connectivity index (χ1) is 20.6. The second-order valence-electron chi connectivity index (χ2n) is 10.3. The van der Waals surface area contributed by atoms with Gasteiger partial charge in [0.25, 0.3) is 5.91 Å². The number of benzene rings is 2. The Morgan fingerprint density at radius 3 is 2.63 bits per heavy atom. The SMILES string of the molecule is COc1ccc2c(c1F)C(=O)N(C[C@@]1(C#Cc3ccc(-c4nc(-c5cnn(C)c5)ccc4O)c(F)c3)CC(=O)NC1=O)C2. The summed E-state index contributed by atoms with van der Waals surface area (Å²) in [5.74, 6) is 1.78. The molecule has 0 spiro atoms. The highest BCUT2D eigenvalue weighted by atomic mass is 19.1. The number of aromatic nitrogens is 3. The third-order valence-electron chi connectivity index (χ3n) is 7.43. The first-order valence-electron chi connectivity index (χ1n) is 13.1. The molecule has 3 amide bonds. The molecule has 0 radical (unpaired) electrons. The van der Waals surface area contributed by atoms with E-state index in [0.29, 0.717) is 16.8 Å². The van der Waals surface area contributed by atoms with Crippen LogP contribution in [-0.2, 0) is 23.2 Å². The minimum absolute atomic E-state index is 0.0118. The number of fused-ring (bicyclic) bond motifs is 1. The van der Waals surface area contributed by atoms with Crippen LogP contribution in [-0.4, -0.2) is 56.1 Å². The molecule has 2 N–H and O–H groups in total. The molecule has 0 unspecified atom stereocenters. The van der Waals surface area contributed by atoms with E-state index < -0.39 is 34.8 Å². The van der Waals surface area contributed by atoms with E-state index in [1.807, 2.05) is 0 Å². The van der Waals surface area contributed by atoms with Gasteiger partial charge in [0, 0.05) is 43.0 Å². The first-order valence-corrected chi connectivity index (χ1v) is 13.1. The molecule has 4 heterocycles. The number of ether oxygens (including phenoxy) is 1. The van der Waals surface area contributed by atoms with Gasteiger partial charge in [0.1, 0.15) is 22.7 Å². The molecule has 2 aromatic heterocycles. The van der Waals surface area contributed by atoms with E-state index in [0.717, 1.165) is 6.07 Å². The van der Waals surface area contributed by atoms with Crippen molar-refractivity contribution in [2.24, 2.45) is 12.5 Å². The van der Waals surface area contributed by atoms with E-state index in [4.69, 9.17) is 4.74 Å². The Labute approximate surface area is 243 Å². The summed E-state index contributed by atoms with van der Waals surface area (Å²) in [5, 5.41) is 16.7. The number of hydrogen-bond donors (Lipinski definition) is 2. The molecule has 0 aliphatic carbocycles. The van der Waals surface area contributed by atoms with E-state index in [9.17, 15) is 23.9 Å². The predicted molar refractivity (Wildman–Crippen MR) is 148 cm³/mol. The maximum absolute atomic E-state index is 15.4. The number of aromatic hydroxyl groups is 1. The van der Waals surface area contributed by atoms with Gasteiger partial charge in [-0.15, -0.1) is 0 Å². The van der Waals surface area contributed by atoms with Gasteiger partial charge in [0.05, 0.1) is 31.0 Å². The zero-order valence-corrected chi connectivity index (χ0v) is 22.9. The number of rotatable bonds is 5. The molecule has 6 rings (SSSR count). The molecule has 2 aromatic carbocycles. The topological polar surface area (TPSA) is 127 Å². The lowest BCUT2D eigenvalue weighted by molar-refractivity contribution is -0.127. The Balaban J connectivity index is 1.30. The van der Waals surface area contributed by atoms with Gasteiger partial charge in [-0.1, -0.05) is 17.9 Å². The molecular formula is C31H23F2N5O5. The van der Waals surface area contributed by atoms with Crippen molar-refractivity contribution in [2.45, 2.75) is 13.0 Å². The number of nitrogens with zero attached hydrogens (tertiary/aromatic N) is 4. The van der Waals surface area contributed by atoms with Crippen LogP contribution in [0.1, 0.15) is 27.9 Å². The van der Waals surface area contributed by atoms with Crippen molar-refractivity contribution < 1.29 is 33.0 Å². The number of nitrogens with one attached hydrogen (secondary N) is 1. The number of hydrogen-bond acceptors (Lipinski definition) is 7. The van der Waals surface area contributed by atoms with E-state index in [-0.39, 0.29) is 53.4 Å². The minimum atomic E-state index is -1.64. The number of methoxy groups -OCH3 is 1. The maximum atomic E-state index is 15.4. The first kappa shape index (κ1) is 27.6. The molecular weight excluding hydrogens is 560 g/mol. The van der Waals surface area contributed by atoms with Crippen LogP contribution in [0.25, 0.3) is 22.5 Å². The molecule has 2 aliphatic rings. The molecule has 2 aliphatic heterocycles. The van der Waals surface area contributed by atoms with Gasteiger partial charge in [-0.25, -0.2) is 13.8 Å². The number of amides is 3. The fraction of sp³-hybridized carbons (Fsp3) is 0.194. The second kappa shape index (κ2) is 10.4. The van der Waals surface area contributed by atoms with Crippen LogP contribution in [0.5, 0.6) is 11.5 Å². The molecule has 1 fully saturated rings. The monoisotopic (exact) mass is 583 g/mol. The fourth-order valence-corrected chi connectivity index (χ4v) is 5.26. The summed E-state index contributed by atoms with van der Waals surface area (Å²) in [6, 6.07) is 10.0. The Morgan fingerprint density at radius 1 is 1.14 bits per heavy atom. The summed E-state index contributed by atoms with van der Waals surface area (Å²) in [4.78, 5) is 44.0. The van der Waals surface area contributed by atoms with Gasteiger partial charge in [0.2, 0.25) is 11.8 Å². The smallest absolute Gasteiger partial charge is 0.257 e. The van der Waals surface area contributed by atoms with Crippen LogP contribution in [0.3, 0.4) is 0 Å². The number of pyridine rings is 1. The third-order valence-corrected chi connectivity index (χ3v) is 7.43. The molecule has 216 valence electrons. The molecule has 43 heavy (non-hydrogen) atoms. The van der Waals surface area contributed by atoms with Crippen molar-refractivity contribution in [3.63, 3.8) is 0 Å². The normalized spacial score (nSPS) is 17.5. The number of carbonyl (C=O) groups is 3. The number of imide groups is 1. The van der Waals surface area contributed by atoms with Gasteiger partial charge >= 0.3 is 0 Å². The van der Waals surface area contributed by atoms with Gasteiger partial charge in [-0.05, 0) is 42.0 Å². The zero-order chi connectivity index (χ0) is 30.5. The molecule has 0 saturated carbocycles. The highest BCUT2D eigenvalue weighted by Crippen LogP contribution is 2.36. The Bertz CT molecular complexity index is 1910. The summed E-state index contributed by atoms with van der Waals surface area (Å²) in [5.41, 5.74) is 0.0158. The molecule has 10 nitrogen and oxygen atoms in total. The Morgan fingerprint density at radius 2 is 1.95 bits per heavy atom. The summed E-state index contributed by atoms with van der Waals surface area (Å²) < 4.78 is 36.8. The summed E-state index contributed by atoms with van der Waals surface area (Å²) in [6.07, 6.45) is 3.00. The fourth-order valence-electron chi connectivity index (χ4n) is 5.26. The van der Waals surface area contributed by atoms with E-state index in [1.165, 1.54) is 36.3 Å². The second-order valence-corrected chi connectivity index (χ2v) is 10.3. The van der Waals surface area contributed by atoms with Crippen LogP contribution >= 0.6 is 0 Å². The van der Waals surface area contributed by atoms with Crippen molar-refractivity contribution in [1.29, 1.82) is 0 Å². The number of aryl methyl sites for hydroxylation is 1. The van der Waals surface area contributed by atoms with Crippen molar-refractivity contribution in [2.75, 3.05) is 13.7 Å². The summed E-state index contributed by atoms with van der Waals surface area (Å²) in [7, 11) is 3.04. The van der Waals surface area contributed by atoms with Crippen molar-refractivity contribution in [1.82, 2.24) is 25.0 Å². The maximum Gasteiger partial charge on any atom is 0.257 e. The molecule has 1 atom stereocenters. The average Bonchev–Trinajstić information content (AvgIpc) is 3.63. The standard InChI is InChI=1S/C31H23F2N5O5/c1-37-14-19(13-34-37)22-6-7-23(39)28(35-22)20-5-3-17(11-21(20)32)9-10-31(12-25(40)36-30(31)42)16-38-15-18-4-8-24(43-2)27(33)26(18)29(38)41/h3-8,11,13-14,39H,12,15-16H2,1-2H3,(H,36,40,42)/t31-/m1/s1. The lowest BCUT2D eigenvalue weighted by Crippen LogP contribution is -2.42. The van der Waals surface area contributed by atoms with Crippen LogP contribution in [0.2, 0.25) is 0 Å². The lowest BCUT2D eigenvalue weighted by Gasteiger charge is -2.25. The zero-order valence-electron chi connectivity index (χ0n) is 22.9. The predicted octanol–water partition coefficient (Wildman–Crippen LogP) is 3.18. The van der Waals surface area contributed by atoms with Crippen LogP contribution < -0.4 is 10.1 Å².